The van der Waals surface area contributed by atoms with E-state index in [0.717, 1.165) is 23.8 Å². The van der Waals surface area contributed by atoms with Crippen LogP contribution in [0.4, 0.5) is 13.2 Å². The number of phenolic OH excluding ortho intramolecular Hbond substituents is 1. The first-order valence-electron chi connectivity index (χ1n) is 11.6. The molecule has 0 spiro atoms. The predicted molar refractivity (Wildman–Crippen MR) is 138 cm³/mol. The van der Waals surface area contributed by atoms with E-state index in [1.807, 2.05) is 0 Å². The van der Waals surface area contributed by atoms with Crippen LogP contribution in [0.1, 0.15) is 32.0 Å². The SMILES string of the molecule is CON=C[C@H](Cc1ccc(O)cc1)NC(=O)c1cc(C(=O)O)c2cc(-c3cccc(C(F)(F)F)c3)ccc2n1. The highest BCUT2D eigenvalue weighted by Gasteiger charge is 2.30. The van der Waals surface area contributed by atoms with Gasteiger partial charge in [-0.25, -0.2) is 9.78 Å². The molecule has 1 atom stereocenters. The van der Waals surface area contributed by atoms with Gasteiger partial charge < -0.3 is 20.4 Å². The van der Waals surface area contributed by atoms with Gasteiger partial charge in [-0.15, -0.1) is 0 Å². The number of rotatable bonds is 8. The van der Waals surface area contributed by atoms with E-state index in [4.69, 9.17) is 4.84 Å². The molecule has 4 aromatic rings. The van der Waals surface area contributed by atoms with E-state index in [0.29, 0.717) is 12.0 Å². The zero-order valence-corrected chi connectivity index (χ0v) is 20.4. The number of pyridine rings is 1. The average Bonchev–Trinajstić information content (AvgIpc) is 2.91. The highest BCUT2D eigenvalue weighted by molar-refractivity contribution is 6.07. The minimum absolute atomic E-state index is 0.0858. The number of carboxylic acid groups (broad SMARTS) is 1. The van der Waals surface area contributed by atoms with E-state index in [1.54, 1.807) is 12.1 Å². The quantitative estimate of drug-likeness (QED) is 0.207. The van der Waals surface area contributed by atoms with Crippen LogP contribution in [0.15, 0.2) is 78.0 Å². The first-order valence-corrected chi connectivity index (χ1v) is 11.6. The summed E-state index contributed by atoms with van der Waals surface area (Å²) in [4.78, 5) is 34.2. The number of benzene rings is 3. The number of aromatic hydroxyl groups is 1. The molecule has 0 radical (unpaired) electrons. The summed E-state index contributed by atoms with van der Waals surface area (Å²) in [5, 5.41) is 25.9. The molecule has 0 fully saturated rings. The van der Waals surface area contributed by atoms with Crippen molar-refractivity contribution in [3.05, 3.63) is 95.2 Å². The third-order valence-electron chi connectivity index (χ3n) is 5.85. The molecular formula is C28H22F3N3O5. The number of oxime groups is 1. The van der Waals surface area contributed by atoms with Crippen molar-refractivity contribution in [2.24, 2.45) is 5.16 Å². The van der Waals surface area contributed by atoms with Crippen molar-refractivity contribution in [2.45, 2.75) is 18.6 Å². The van der Waals surface area contributed by atoms with E-state index in [-0.39, 0.29) is 33.5 Å². The van der Waals surface area contributed by atoms with Gasteiger partial charge in [0.25, 0.3) is 5.91 Å². The van der Waals surface area contributed by atoms with E-state index in [9.17, 15) is 33.0 Å². The van der Waals surface area contributed by atoms with E-state index in [1.165, 1.54) is 55.8 Å². The fourth-order valence-corrected chi connectivity index (χ4v) is 3.98. The second-order valence-corrected chi connectivity index (χ2v) is 8.56. The molecule has 39 heavy (non-hydrogen) atoms. The lowest BCUT2D eigenvalue weighted by Gasteiger charge is -2.15. The second kappa shape index (κ2) is 11.2. The van der Waals surface area contributed by atoms with Crippen molar-refractivity contribution in [3.8, 4) is 16.9 Å². The van der Waals surface area contributed by atoms with Crippen LogP contribution < -0.4 is 5.32 Å². The third kappa shape index (κ3) is 6.50. The number of nitrogens with one attached hydrogen (secondary N) is 1. The number of nitrogens with zero attached hydrogens (tertiary/aromatic N) is 2. The van der Waals surface area contributed by atoms with Crippen LogP contribution in [0.5, 0.6) is 5.75 Å². The molecule has 0 saturated carbocycles. The Balaban J connectivity index is 1.67. The van der Waals surface area contributed by atoms with Gasteiger partial charge in [0.15, 0.2) is 0 Å². The number of halogens is 3. The lowest BCUT2D eigenvalue weighted by atomic mass is 9.98. The molecule has 11 heteroatoms. The van der Waals surface area contributed by atoms with Crippen molar-refractivity contribution < 1.29 is 37.8 Å². The number of alkyl halides is 3. The molecule has 1 amide bonds. The Kier molecular flexibility index (Phi) is 7.80. The third-order valence-corrected chi connectivity index (χ3v) is 5.85. The van der Waals surface area contributed by atoms with Gasteiger partial charge in [0.05, 0.1) is 28.9 Å². The molecule has 0 aliphatic heterocycles. The highest BCUT2D eigenvalue weighted by Crippen LogP contribution is 2.33. The van der Waals surface area contributed by atoms with Gasteiger partial charge in [-0.2, -0.15) is 13.2 Å². The van der Waals surface area contributed by atoms with E-state index >= 15 is 0 Å². The summed E-state index contributed by atoms with van der Waals surface area (Å²) in [6, 6.07) is 15.9. The number of hydrogen-bond donors (Lipinski definition) is 3. The molecule has 4 rings (SSSR count). The molecule has 3 aromatic carbocycles. The first-order chi connectivity index (χ1) is 18.5. The first kappa shape index (κ1) is 27.1. The molecule has 1 aromatic heterocycles. The fourth-order valence-electron chi connectivity index (χ4n) is 3.98. The molecule has 0 saturated heterocycles. The molecular weight excluding hydrogens is 515 g/mol. The van der Waals surface area contributed by atoms with Crippen LogP contribution in [0.25, 0.3) is 22.0 Å². The Hall–Kier alpha value is -4.93. The summed E-state index contributed by atoms with van der Waals surface area (Å²) in [5.74, 6) is -1.92. The maximum Gasteiger partial charge on any atom is 0.416 e. The van der Waals surface area contributed by atoms with Crippen molar-refractivity contribution in [1.29, 1.82) is 0 Å². The Morgan fingerprint density at radius 3 is 2.44 bits per heavy atom. The fraction of sp³-hybridized carbons (Fsp3) is 0.143. The molecule has 0 bridgehead atoms. The number of aromatic carboxylic acids is 1. The largest absolute Gasteiger partial charge is 0.508 e. The molecule has 0 aliphatic carbocycles. The monoisotopic (exact) mass is 537 g/mol. The number of fused-ring (bicyclic) bond motifs is 1. The summed E-state index contributed by atoms with van der Waals surface area (Å²) >= 11 is 0. The number of aromatic nitrogens is 1. The number of carbonyl (C=O) groups is 2. The normalized spacial score (nSPS) is 12.4. The van der Waals surface area contributed by atoms with Crippen LogP contribution in [0.3, 0.4) is 0 Å². The summed E-state index contributed by atoms with van der Waals surface area (Å²) in [5.41, 5.74) is 0.326. The van der Waals surface area contributed by atoms with Gasteiger partial charge in [0.2, 0.25) is 0 Å². The number of carbonyl (C=O) groups excluding carboxylic acids is 1. The van der Waals surface area contributed by atoms with Crippen molar-refractivity contribution in [1.82, 2.24) is 10.3 Å². The smallest absolute Gasteiger partial charge is 0.416 e. The van der Waals surface area contributed by atoms with Gasteiger partial charge in [0, 0.05) is 5.39 Å². The van der Waals surface area contributed by atoms with Gasteiger partial charge in [-0.05, 0) is 65.6 Å². The summed E-state index contributed by atoms with van der Waals surface area (Å²) < 4.78 is 39.5. The lowest BCUT2D eigenvalue weighted by molar-refractivity contribution is -0.137. The minimum atomic E-state index is -4.53. The lowest BCUT2D eigenvalue weighted by Crippen LogP contribution is -2.38. The van der Waals surface area contributed by atoms with Crippen LogP contribution >= 0.6 is 0 Å². The predicted octanol–water partition coefficient (Wildman–Crippen LogP) is 5.30. The van der Waals surface area contributed by atoms with Gasteiger partial charge >= 0.3 is 12.1 Å². The van der Waals surface area contributed by atoms with Crippen molar-refractivity contribution in [2.75, 3.05) is 7.11 Å². The zero-order valence-electron chi connectivity index (χ0n) is 20.4. The van der Waals surface area contributed by atoms with Gasteiger partial charge in [-0.1, -0.05) is 35.5 Å². The van der Waals surface area contributed by atoms with Crippen LogP contribution in [-0.4, -0.2) is 46.4 Å². The maximum absolute atomic E-state index is 13.2. The minimum Gasteiger partial charge on any atom is -0.508 e. The molecule has 8 nitrogen and oxygen atoms in total. The standard InChI is InChI=1S/C28H22F3N3O5/c1-39-32-15-20(11-16-5-8-21(35)9-6-16)33-26(36)25-14-23(27(37)38)22-13-18(7-10-24(22)34-25)17-3-2-4-19(12-17)28(29,30)31/h2-10,12-15,20,35H,11H2,1H3,(H,33,36)(H,37,38)/t20-/m0/s1. The van der Waals surface area contributed by atoms with Crippen molar-refractivity contribution >= 4 is 29.0 Å². The summed E-state index contributed by atoms with van der Waals surface area (Å²) in [6.07, 6.45) is -2.87. The van der Waals surface area contributed by atoms with E-state index < -0.39 is 29.7 Å². The summed E-state index contributed by atoms with van der Waals surface area (Å²) in [7, 11) is 1.34. The van der Waals surface area contributed by atoms with Crippen LogP contribution in [0, 0.1) is 0 Å². The molecule has 1 heterocycles. The molecule has 3 N–H and O–H groups in total. The van der Waals surface area contributed by atoms with Gasteiger partial charge in [0.1, 0.15) is 18.6 Å². The van der Waals surface area contributed by atoms with E-state index in [2.05, 4.69) is 15.5 Å². The Morgan fingerprint density at radius 2 is 1.77 bits per heavy atom. The zero-order chi connectivity index (χ0) is 28.2. The Bertz CT molecular complexity index is 1550. The number of hydrogen-bond acceptors (Lipinski definition) is 6. The summed E-state index contributed by atoms with van der Waals surface area (Å²) in [6.45, 7) is 0. The number of carboxylic acids is 1. The maximum atomic E-state index is 13.2. The molecule has 0 unspecified atom stereocenters. The van der Waals surface area contributed by atoms with Crippen molar-refractivity contribution in [3.63, 3.8) is 0 Å². The number of amides is 1. The van der Waals surface area contributed by atoms with Gasteiger partial charge in [-0.3, -0.25) is 4.79 Å². The topological polar surface area (TPSA) is 121 Å². The Labute approximate surface area is 220 Å². The highest BCUT2D eigenvalue weighted by atomic mass is 19.4. The van der Waals surface area contributed by atoms with Crippen LogP contribution in [0.2, 0.25) is 0 Å². The molecule has 200 valence electrons. The van der Waals surface area contributed by atoms with Crippen LogP contribution in [-0.2, 0) is 17.4 Å². The average molecular weight is 537 g/mol. The molecule has 0 aliphatic rings. The number of phenols is 1. The Morgan fingerprint density at radius 1 is 1.05 bits per heavy atom. The second-order valence-electron chi connectivity index (χ2n) is 8.56.